The molecule has 0 aromatic heterocycles. The third-order valence-corrected chi connectivity index (χ3v) is 2.70. The van der Waals surface area contributed by atoms with Crippen molar-refractivity contribution in [3.8, 4) is 0 Å². The lowest BCUT2D eigenvalue weighted by atomic mass is 9.98. The van der Waals surface area contributed by atoms with E-state index in [9.17, 15) is 9.59 Å². The highest BCUT2D eigenvalue weighted by molar-refractivity contribution is 5.77. The van der Waals surface area contributed by atoms with Gasteiger partial charge < -0.3 is 4.74 Å². The van der Waals surface area contributed by atoms with Gasteiger partial charge in [0.2, 0.25) is 6.08 Å². The molecule has 1 aliphatic rings. The minimum Gasteiger partial charge on any atom is -0.461 e. The molecule has 1 fully saturated rings. The summed E-state index contributed by atoms with van der Waals surface area (Å²) >= 11 is 0. The van der Waals surface area contributed by atoms with Gasteiger partial charge in [0.15, 0.2) is 6.04 Å². The highest BCUT2D eigenvalue weighted by atomic mass is 16.5. The van der Waals surface area contributed by atoms with Crippen molar-refractivity contribution in [3.05, 3.63) is 0 Å². The standard InChI is InChI=1S/C11H17NO3/c1-2-10(12-8-13)11(14)15-9-6-4-3-5-7-9/h9-10H,2-7H2,1H3. The summed E-state index contributed by atoms with van der Waals surface area (Å²) in [7, 11) is 0. The number of ether oxygens (including phenoxy) is 1. The summed E-state index contributed by atoms with van der Waals surface area (Å²) in [6.07, 6.45) is 7.26. The first-order chi connectivity index (χ1) is 7.27. The van der Waals surface area contributed by atoms with Crippen LogP contribution in [0.1, 0.15) is 45.4 Å². The predicted molar refractivity (Wildman–Crippen MR) is 55.2 cm³/mol. The topological polar surface area (TPSA) is 55.7 Å². The molecule has 0 amide bonds. The normalized spacial score (nSPS) is 19.0. The van der Waals surface area contributed by atoms with Gasteiger partial charge in [-0.2, -0.15) is 4.99 Å². The first kappa shape index (κ1) is 11.9. The molecule has 84 valence electrons. The van der Waals surface area contributed by atoms with Gasteiger partial charge in [-0.3, -0.25) is 0 Å². The molecule has 1 saturated carbocycles. The highest BCUT2D eigenvalue weighted by Gasteiger charge is 2.22. The highest BCUT2D eigenvalue weighted by Crippen LogP contribution is 2.21. The van der Waals surface area contributed by atoms with E-state index in [1.165, 1.54) is 12.5 Å². The molecule has 0 radical (unpaired) electrons. The Kier molecular flexibility index (Phi) is 5.05. The Labute approximate surface area is 89.7 Å². The maximum Gasteiger partial charge on any atom is 0.332 e. The summed E-state index contributed by atoms with van der Waals surface area (Å²) in [5.41, 5.74) is 0. The van der Waals surface area contributed by atoms with Crippen LogP contribution in [-0.4, -0.2) is 24.2 Å². The van der Waals surface area contributed by atoms with E-state index < -0.39 is 6.04 Å². The van der Waals surface area contributed by atoms with Crippen molar-refractivity contribution in [1.82, 2.24) is 0 Å². The zero-order valence-electron chi connectivity index (χ0n) is 9.07. The number of isocyanates is 1. The quantitative estimate of drug-likeness (QED) is 0.406. The molecule has 1 unspecified atom stereocenters. The summed E-state index contributed by atoms with van der Waals surface area (Å²) in [6.45, 7) is 1.80. The number of carbonyl (C=O) groups excluding carboxylic acids is 2. The molecule has 1 aliphatic carbocycles. The number of aliphatic imine (C=N–C) groups is 1. The molecule has 4 heteroatoms. The van der Waals surface area contributed by atoms with Crippen LogP contribution in [0.15, 0.2) is 4.99 Å². The lowest BCUT2D eigenvalue weighted by molar-refractivity contribution is -0.152. The van der Waals surface area contributed by atoms with Gasteiger partial charge in [-0.15, -0.1) is 0 Å². The van der Waals surface area contributed by atoms with Crippen LogP contribution >= 0.6 is 0 Å². The van der Waals surface area contributed by atoms with Crippen LogP contribution in [0.3, 0.4) is 0 Å². The van der Waals surface area contributed by atoms with Crippen molar-refractivity contribution < 1.29 is 14.3 Å². The molecule has 0 heterocycles. The summed E-state index contributed by atoms with van der Waals surface area (Å²) in [5, 5.41) is 0. The van der Waals surface area contributed by atoms with Crippen LogP contribution in [0.25, 0.3) is 0 Å². The molecule has 0 aliphatic heterocycles. The molecule has 4 nitrogen and oxygen atoms in total. The minimum atomic E-state index is -0.663. The third kappa shape index (κ3) is 3.84. The average Bonchev–Trinajstić information content (AvgIpc) is 2.27. The molecule has 0 spiro atoms. The summed E-state index contributed by atoms with van der Waals surface area (Å²) in [5.74, 6) is -0.382. The zero-order valence-corrected chi connectivity index (χ0v) is 9.07. The van der Waals surface area contributed by atoms with Crippen molar-refractivity contribution in [2.75, 3.05) is 0 Å². The minimum absolute atomic E-state index is 0.0298. The number of nitrogens with zero attached hydrogens (tertiary/aromatic N) is 1. The Morgan fingerprint density at radius 1 is 1.47 bits per heavy atom. The summed E-state index contributed by atoms with van der Waals surface area (Å²) < 4.78 is 5.29. The maximum absolute atomic E-state index is 11.5. The maximum atomic E-state index is 11.5. The molecular weight excluding hydrogens is 194 g/mol. The zero-order chi connectivity index (χ0) is 11.1. The Morgan fingerprint density at radius 3 is 2.67 bits per heavy atom. The van der Waals surface area contributed by atoms with Crippen LogP contribution in [0.5, 0.6) is 0 Å². The van der Waals surface area contributed by atoms with Crippen LogP contribution in [0.2, 0.25) is 0 Å². The molecule has 15 heavy (non-hydrogen) atoms. The van der Waals surface area contributed by atoms with E-state index in [0.717, 1.165) is 25.7 Å². The monoisotopic (exact) mass is 211 g/mol. The first-order valence-electron chi connectivity index (χ1n) is 5.55. The van der Waals surface area contributed by atoms with E-state index in [2.05, 4.69) is 4.99 Å². The second-order valence-electron chi connectivity index (χ2n) is 3.84. The van der Waals surface area contributed by atoms with Crippen molar-refractivity contribution >= 4 is 12.0 Å². The molecule has 1 atom stereocenters. The fourth-order valence-electron chi connectivity index (χ4n) is 1.80. The van der Waals surface area contributed by atoms with E-state index in [1.807, 2.05) is 0 Å². The Morgan fingerprint density at radius 2 is 2.13 bits per heavy atom. The van der Waals surface area contributed by atoms with Gasteiger partial charge >= 0.3 is 5.97 Å². The molecule has 0 saturated heterocycles. The largest absolute Gasteiger partial charge is 0.461 e. The van der Waals surface area contributed by atoms with Gasteiger partial charge in [-0.05, 0) is 32.1 Å². The van der Waals surface area contributed by atoms with Gasteiger partial charge in [0, 0.05) is 0 Å². The van der Waals surface area contributed by atoms with E-state index in [-0.39, 0.29) is 12.1 Å². The Hall–Kier alpha value is -1.15. The summed E-state index contributed by atoms with van der Waals surface area (Å²) in [4.78, 5) is 25.0. The van der Waals surface area contributed by atoms with Crippen molar-refractivity contribution in [2.24, 2.45) is 4.99 Å². The van der Waals surface area contributed by atoms with Crippen molar-refractivity contribution in [2.45, 2.75) is 57.6 Å². The van der Waals surface area contributed by atoms with Crippen molar-refractivity contribution in [1.29, 1.82) is 0 Å². The van der Waals surface area contributed by atoms with Crippen LogP contribution in [0, 0.1) is 0 Å². The molecule has 0 aromatic rings. The number of hydrogen-bond acceptors (Lipinski definition) is 4. The second-order valence-corrected chi connectivity index (χ2v) is 3.84. The lowest BCUT2D eigenvalue weighted by Crippen LogP contribution is -2.27. The molecule has 0 aromatic carbocycles. The van der Waals surface area contributed by atoms with Gasteiger partial charge in [0.25, 0.3) is 0 Å². The first-order valence-corrected chi connectivity index (χ1v) is 5.55. The van der Waals surface area contributed by atoms with Gasteiger partial charge in [-0.1, -0.05) is 13.3 Å². The Balaban J connectivity index is 2.41. The number of esters is 1. The lowest BCUT2D eigenvalue weighted by Gasteiger charge is -2.22. The third-order valence-electron chi connectivity index (χ3n) is 2.70. The second kappa shape index (κ2) is 6.36. The average molecular weight is 211 g/mol. The molecule has 0 bridgehead atoms. The van der Waals surface area contributed by atoms with E-state index >= 15 is 0 Å². The van der Waals surface area contributed by atoms with Gasteiger partial charge in [0.05, 0.1) is 0 Å². The van der Waals surface area contributed by atoms with Crippen LogP contribution in [-0.2, 0) is 14.3 Å². The van der Waals surface area contributed by atoms with Crippen molar-refractivity contribution in [3.63, 3.8) is 0 Å². The fourth-order valence-corrected chi connectivity index (χ4v) is 1.80. The molecule has 0 N–H and O–H groups in total. The smallest absolute Gasteiger partial charge is 0.332 e. The Bertz CT molecular complexity index is 253. The molecular formula is C11H17NO3. The van der Waals surface area contributed by atoms with Crippen LogP contribution < -0.4 is 0 Å². The fraction of sp³-hybridized carbons (Fsp3) is 0.818. The number of carbonyl (C=O) groups is 1. The van der Waals surface area contributed by atoms with Gasteiger partial charge in [-0.25, -0.2) is 9.59 Å². The number of rotatable bonds is 4. The summed E-state index contributed by atoms with van der Waals surface area (Å²) in [6, 6.07) is -0.663. The van der Waals surface area contributed by atoms with Crippen LogP contribution in [0.4, 0.5) is 0 Å². The van der Waals surface area contributed by atoms with E-state index in [4.69, 9.17) is 4.74 Å². The van der Waals surface area contributed by atoms with E-state index in [1.54, 1.807) is 6.92 Å². The molecule has 1 rings (SSSR count). The number of hydrogen-bond donors (Lipinski definition) is 0. The van der Waals surface area contributed by atoms with Gasteiger partial charge in [0.1, 0.15) is 6.10 Å². The SMILES string of the molecule is CCC(N=C=O)C(=O)OC1CCCCC1. The van der Waals surface area contributed by atoms with E-state index in [0.29, 0.717) is 6.42 Å². The predicted octanol–water partition coefficient (Wildman–Crippen LogP) is 1.98.